The van der Waals surface area contributed by atoms with E-state index in [9.17, 15) is 0 Å². The van der Waals surface area contributed by atoms with E-state index in [0.717, 1.165) is 49.8 Å². The van der Waals surface area contributed by atoms with Crippen molar-refractivity contribution in [3.05, 3.63) is 48.5 Å². The van der Waals surface area contributed by atoms with Gasteiger partial charge in [-0.05, 0) is 12.1 Å². The van der Waals surface area contributed by atoms with Crippen LogP contribution in [0.3, 0.4) is 0 Å². The molecular weight excluding hydrogens is 304 g/mol. The molecule has 1 aliphatic rings. The van der Waals surface area contributed by atoms with Crippen molar-refractivity contribution in [3.8, 4) is 5.88 Å². The van der Waals surface area contributed by atoms with Crippen molar-refractivity contribution in [1.82, 2.24) is 24.5 Å². The van der Waals surface area contributed by atoms with E-state index in [1.165, 1.54) is 0 Å². The fourth-order valence-corrected chi connectivity index (χ4v) is 3.09. The third-order valence-electron chi connectivity index (χ3n) is 4.35. The van der Waals surface area contributed by atoms with Gasteiger partial charge in [-0.15, -0.1) is 0 Å². The van der Waals surface area contributed by atoms with Crippen LogP contribution in [-0.4, -0.2) is 57.8 Å². The van der Waals surface area contributed by atoms with Crippen molar-refractivity contribution in [2.24, 2.45) is 0 Å². The van der Waals surface area contributed by atoms with Crippen LogP contribution in [-0.2, 0) is 6.54 Å². The normalized spacial score (nSPS) is 15.8. The Labute approximate surface area is 140 Å². The molecule has 0 radical (unpaired) electrons. The predicted molar refractivity (Wildman–Crippen MR) is 91.3 cm³/mol. The van der Waals surface area contributed by atoms with Gasteiger partial charge in [0, 0.05) is 51.2 Å². The fourth-order valence-electron chi connectivity index (χ4n) is 3.09. The van der Waals surface area contributed by atoms with Gasteiger partial charge in [-0.3, -0.25) is 4.90 Å². The number of piperazine rings is 1. The van der Waals surface area contributed by atoms with Crippen LogP contribution < -0.4 is 9.64 Å². The molecule has 1 fully saturated rings. The van der Waals surface area contributed by atoms with Crippen molar-refractivity contribution in [3.63, 3.8) is 0 Å². The van der Waals surface area contributed by atoms with E-state index < -0.39 is 0 Å². The number of rotatable bonds is 4. The number of hydrogen-bond donors (Lipinski definition) is 0. The molecule has 0 spiro atoms. The van der Waals surface area contributed by atoms with Gasteiger partial charge in [-0.1, -0.05) is 6.07 Å². The average molecular weight is 324 g/mol. The Bertz CT molecular complexity index is 825. The molecule has 1 saturated heterocycles. The summed E-state index contributed by atoms with van der Waals surface area (Å²) in [7, 11) is 1.65. The molecule has 3 aromatic heterocycles. The fraction of sp³-hybridized carbons (Fsp3) is 0.353. The van der Waals surface area contributed by atoms with E-state index in [2.05, 4.69) is 24.9 Å². The smallest absolute Gasteiger partial charge is 0.213 e. The molecule has 7 heteroatoms. The van der Waals surface area contributed by atoms with E-state index in [1.807, 2.05) is 47.4 Å². The van der Waals surface area contributed by atoms with Crippen LogP contribution in [0.15, 0.2) is 42.9 Å². The van der Waals surface area contributed by atoms with Crippen LogP contribution in [0.4, 0.5) is 5.82 Å². The molecule has 4 heterocycles. The summed E-state index contributed by atoms with van der Waals surface area (Å²) < 4.78 is 7.07. The zero-order valence-corrected chi connectivity index (χ0v) is 13.7. The first-order chi connectivity index (χ1) is 11.8. The Kier molecular flexibility index (Phi) is 4.00. The Morgan fingerprint density at radius 1 is 1.08 bits per heavy atom. The van der Waals surface area contributed by atoms with E-state index in [4.69, 9.17) is 4.74 Å². The largest absolute Gasteiger partial charge is 0.481 e. The SMILES string of the molecule is COc1cccc(CN2CCN(c3nccn4nccc34)CC2)n1. The molecule has 0 bridgehead atoms. The minimum absolute atomic E-state index is 0.669. The lowest BCUT2D eigenvalue weighted by atomic mass is 10.2. The second-order valence-electron chi connectivity index (χ2n) is 5.85. The number of pyridine rings is 1. The number of hydrogen-bond acceptors (Lipinski definition) is 6. The van der Waals surface area contributed by atoms with Gasteiger partial charge in [0.25, 0.3) is 0 Å². The van der Waals surface area contributed by atoms with Gasteiger partial charge < -0.3 is 9.64 Å². The number of anilines is 1. The Hall–Kier alpha value is -2.67. The highest BCUT2D eigenvalue weighted by Crippen LogP contribution is 2.20. The standard InChI is InChI=1S/C17H20N6O/c1-24-16-4-2-3-14(20-16)13-21-9-11-22(12-10-21)17-15-5-6-19-23(15)8-7-18-17/h2-8H,9-13H2,1H3. The van der Waals surface area contributed by atoms with Crippen molar-refractivity contribution >= 4 is 11.3 Å². The van der Waals surface area contributed by atoms with Crippen molar-refractivity contribution < 1.29 is 4.74 Å². The first kappa shape index (κ1) is 14.9. The van der Waals surface area contributed by atoms with Crippen LogP contribution in [0.2, 0.25) is 0 Å². The second kappa shape index (κ2) is 6.45. The van der Waals surface area contributed by atoms with Crippen LogP contribution in [0.5, 0.6) is 5.88 Å². The third kappa shape index (κ3) is 2.90. The van der Waals surface area contributed by atoms with Crippen molar-refractivity contribution in [2.45, 2.75) is 6.54 Å². The van der Waals surface area contributed by atoms with E-state index in [0.29, 0.717) is 5.88 Å². The third-order valence-corrected chi connectivity index (χ3v) is 4.35. The van der Waals surface area contributed by atoms with Gasteiger partial charge in [0.1, 0.15) is 5.52 Å². The summed E-state index contributed by atoms with van der Waals surface area (Å²) in [4.78, 5) is 13.8. The summed E-state index contributed by atoms with van der Waals surface area (Å²) in [5, 5.41) is 4.28. The lowest BCUT2D eigenvalue weighted by Gasteiger charge is -2.35. The summed E-state index contributed by atoms with van der Waals surface area (Å²) in [6.07, 6.45) is 5.50. The quantitative estimate of drug-likeness (QED) is 0.724. The Morgan fingerprint density at radius 3 is 2.79 bits per heavy atom. The molecular formula is C17H20N6O. The van der Waals surface area contributed by atoms with Gasteiger partial charge in [0.2, 0.25) is 5.88 Å². The van der Waals surface area contributed by atoms with Gasteiger partial charge >= 0.3 is 0 Å². The molecule has 124 valence electrons. The van der Waals surface area contributed by atoms with Crippen molar-refractivity contribution in [2.75, 3.05) is 38.2 Å². The van der Waals surface area contributed by atoms with Crippen molar-refractivity contribution in [1.29, 1.82) is 0 Å². The molecule has 3 aromatic rings. The van der Waals surface area contributed by atoms with Crippen LogP contribution in [0.25, 0.3) is 5.52 Å². The number of methoxy groups -OCH3 is 1. The molecule has 0 amide bonds. The number of nitrogens with zero attached hydrogens (tertiary/aromatic N) is 6. The minimum atomic E-state index is 0.669. The van der Waals surface area contributed by atoms with Gasteiger partial charge in [-0.25, -0.2) is 14.5 Å². The maximum absolute atomic E-state index is 5.20. The molecule has 0 N–H and O–H groups in total. The molecule has 4 rings (SSSR count). The monoisotopic (exact) mass is 324 g/mol. The molecule has 7 nitrogen and oxygen atoms in total. The highest BCUT2D eigenvalue weighted by molar-refractivity contribution is 5.68. The van der Waals surface area contributed by atoms with Gasteiger partial charge in [-0.2, -0.15) is 5.10 Å². The zero-order chi connectivity index (χ0) is 16.4. The molecule has 0 unspecified atom stereocenters. The van der Waals surface area contributed by atoms with E-state index >= 15 is 0 Å². The molecule has 24 heavy (non-hydrogen) atoms. The molecule has 0 atom stereocenters. The van der Waals surface area contributed by atoms with Gasteiger partial charge in [0.05, 0.1) is 19.0 Å². The summed E-state index contributed by atoms with van der Waals surface area (Å²) >= 11 is 0. The minimum Gasteiger partial charge on any atom is -0.481 e. The maximum atomic E-state index is 5.20. The first-order valence-electron chi connectivity index (χ1n) is 8.09. The van der Waals surface area contributed by atoms with Crippen LogP contribution in [0.1, 0.15) is 5.69 Å². The van der Waals surface area contributed by atoms with Gasteiger partial charge in [0.15, 0.2) is 5.82 Å². The highest BCUT2D eigenvalue weighted by Gasteiger charge is 2.20. The van der Waals surface area contributed by atoms with E-state index in [-0.39, 0.29) is 0 Å². The molecule has 1 aliphatic heterocycles. The summed E-state index contributed by atoms with van der Waals surface area (Å²) in [6.45, 7) is 4.70. The topological polar surface area (TPSA) is 58.8 Å². The Balaban J connectivity index is 1.42. The first-order valence-corrected chi connectivity index (χ1v) is 8.09. The summed E-state index contributed by atoms with van der Waals surface area (Å²) in [5.41, 5.74) is 2.10. The number of aromatic nitrogens is 4. The number of ether oxygens (including phenoxy) is 1. The molecule has 0 saturated carbocycles. The summed E-state index contributed by atoms with van der Waals surface area (Å²) in [6, 6.07) is 7.92. The average Bonchev–Trinajstić information content (AvgIpc) is 3.11. The predicted octanol–water partition coefficient (Wildman–Crippen LogP) is 1.46. The maximum Gasteiger partial charge on any atom is 0.213 e. The molecule has 0 aromatic carbocycles. The summed E-state index contributed by atoms with van der Waals surface area (Å²) in [5.74, 6) is 1.68. The van der Waals surface area contributed by atoms with Crippen LogP contribution >= 0.6 is 0 Å². The lowest BCUT2D eigenvalue weighted by Crippen LogP contribution is -2.46. The molecule has 0 aliphatic carbocycles. The van der Waals surface area contributed by atoms with Crippen LogP contribution in [0, 0.1) is 0 Å². The number of fused-ring (bicyclic) bond motifs is 1. The van der Waals surface area contributed by atoms with E-state index in [1.54, 1.807) is 7.11 Å². The highest BCUT2D eigenvalue weighted by atomic mass is 16.5. The zero-order valence-electron chi connectivity index (χ0n) is 13.7. The second-order valence-corrected chi connectivity index (χ2v) is 5.85. The lowest BCUT2D eigenvalue weighted by molar-refractivity contribution is 0.245. The Morgan fingerprint density at radius 2 is 1.96 bits per heavy atom.